The van der Waals surface area contributed by atoms with Gasteiger partial charge in [0.15, 0.2) is 5.69 Å². The minimum atomic E-state index is -4.51. The van der Waals surface area contributed by atoms with E-state index in [1.165, 1.54) is 4.68 Å². The number of rotatable bonds is 3. The maximum Gasteiger partial charge on any atom is 0.435 e. The second-order valence-electron chi connectivity index (χ2n) is 8.71. The summed E-state index contributed by atoms with van der Waals surface area (Å²) in [5.74, 6) is 0.363. The molecule has 1 aromatic heterocycles. The Morgan fingerprint density at radius 2 is 1.97 bits per heavy atom. The average Bonchev–Trinajstić information content (AvgIpc) is 2.83. The zero-order chi connectivity index (χ0) is 21.5. The number of amides is 1. The van der Waals surface area contributed by atoms with Crippen LogP contribution >= 0.6 is 0 Å². The Balaban J connectivity index is 1.57. The molecule has 0 bridgehead atoms. The maximum atomic E-state index is 13.5. The first-order valence-corrected chi connectivity index (χ1v) is 10.4. The van der Waals surface area contributed by atoms with E-state index in [2.05, 4.69) is 10.4 Å². The number of halogens is 3. The van der Waals surface area contributed by atoms with Crippen LogP contribution < -0.4 is 10.1 Å². The van der Waals surface area contributed by atoms with Gasteiger partial charge in [-0.05, 0) is 45.6 Å². The number of fused-ring (bicyclic) bond motifs is 2. The molecule has 1 amide bonds. The van der Waals surface area contributed by atoms with Gasteiger partial charge in [-0.15, -0.1) is 0 Å². The van der Waals surface area contributed by atoms with Crippen molar-refractivity contribution in [1.82, 2.24) is 15.1 Å². The third-order valence-corrected chi connectivity index (χ3v) is 5.78. The lowest BCUT2D eigenvalue weighted by Crippen LogP contribution is -2.42. The van der Waals surface area contributed by atoms with Crippen molar-refractivity contribution in [2.75, 3.05) is 0 Å². The number of hydrogen-bond donors (Lipinski definition) is 1. The zero-order valence-corrected chi connectivity index (χ0v) is 17.2. The molecule has 162 valence electrons. The number of aromatic nitrogens is 2. The van der Waals surface area contributed by atoms with Crippen LogP contribution in [0.2, 0.25) is 0 Å². The molecule has 0 spiro atoms. The van der Waals surface area contributed by atoms with Gasteiger partial charge in [-0.1, -0.05) is 24.6 Å². The molecule has 0 saturated heterocycles. The summed E-state index contributed by atoms with van der Waals surface area (Å²) >= 11 is 0. The molecule has 1 aliphatic carbocycles. The van der Waals surface area contributed by atoms with Gasteiger partial charge in [0.2, 0.25) is 5.91 Å². The van der Waals surface area contributed by atoms with Crippen LogP contribution in [0, 0.1) is 0 Å². The third kappa shape index (κ3) is 4.18. The predicted octanol–water partition coefficient (Wildman–Crippen LogP) is 4.59. The number of hydrogen-bond acceptors (Lipinski definition) is 3. The van der Waals surface area contributed by atoms with Gasteiger partial charge in [-0.2, -0.15) is 18.3 Å². The molecular weight excluding hydrogens is 395 g/mol. The number of ether oxygens (including phenoxy) is 1. The van der Waals surface area contributed by atoms with E-state index >= 15 is 0 Å². The molecule has 1 aromatic carbocycles. The lowest BCUT2D eigenvalue weighted by molar-refractivity contribution is -0.142. The number of nitrogens with zero attached hydrogens (tertiary/aromatic N) is 2. The molecule has 2 heterocycles. The summed E-state index contributed by atoms with van der Waals surface area (Å²) in [5.41, 5.74) is 0.372. The summed E-state index contributed by atoms with van der Waals surface area (Å²) in [6.45, 7) is 3.68. The summed E-state index contributed by atoms with van der Waals surface area (Å²) in [5, 5.41) is 6.81. The SMILES string of the molecule is CC1(C)C[C@H](NC(=O)Cn2nc(C(F)(F)F)c3c2CCCCC3)c2ccccc2O1. The lowest BCUT2D eigenvalue weighted by atomic mass is 9.89. The first kappa shape index (κ1) is 20.8. The Hall–Kier alpha value is -2.51. The largest absolute Gasteiger partial charge is 0.487 e. The van der Waals surface area contributed by atoms with Crippen molar-refractivity contribution >= 4 is 5.91 Å². The molecule has 1 N–H and O–H groups in total. The highest BCUT2D eigenvalue weighted by Crippen LogP contribution is 2.39. The van der Waals surface area contributed by atoms with Crippen molar-refractivity contribution in [3.05, 3.63) is 46.8 Å². The fourth-order valence-corrected chi connectivity index (χ4v) is 4.51. The Labute approximate surface area is 173 Å². The highest BCUT2D eigenvalue weighted by molar-refractivity contribution is 5.76. The topological polar surface area (TPSA) is 56.2 Å². The van der Waals surface area contributed by atoms with Gasteiger partial charge in [0.1, 0.15) is 17.9 Å². The van der Waals surface area contributed by atoms with E-state index in [4.69, 9.17) is 4.74 Å². The fraction of sp³-hybridized carbons (Fsp3) is 0.545. The number of para-hydroxylation sites is 1. The lowest BCUT2D eigenvalue weighted by Gasteiger charge is -2.37. The molecule has 2 aliphatic rings. The summed E-state index contributed by atoms with van der Waals surface area (Å²) in [7, 11) is 0. The summed E-state index contributed by atoms with van der Waals surface area (Å²) < 4.78 is 47.7. The van der Waals surface area contributed by atoms with Crippen molar-refractivity contribution in [3.63, 3.8) is 0 Å². The molecule has 1 aliphatic heterocycles. The van der Waals surface area contributed by atoms with Crippen LogP contribution in [0.4, 0.5) is 13.2 Å². The smallest absolute Gasteiger partial charge is 0.435 e. The second-order valence-corrected chi connectivity index (χ2v) is 8.71. The van der Waals surface area contributed by atoms with Crippen molar-refractivity contribution in [2.24, 2.45) is 0 Å². The van der Waals surface area contributed by atoms with E-state index in [-0.39, 0.29) is 24.1 Å². The van der Waals surface area contributed by atoms with Crippen LogP contribution in [0.25, 0.3) is 0 Å². The normalized spacial score (nSPS) is 20.5. The maximum absolute atomic E-state index is 13.5. The number of carbonyl (C=O) groups excluding carboxylic acids is 1. The van der Waals surface area contributed by atoms with Crippen molar-refractivity contribution in [3.8, 4) is 5.75 Å². The van der Waals surface area contributed by atoms with Gasteiger partial charge in [-0.25, -0.2) is 0 Å². The molecule has 0 unspecified atom stereocenters. The highest BCUT2D eigenvalue weighted by Gasteiger charge is 2.39. The standard InChI is InChI=1S/C22H26F3N3O2/c1-21(2)12-16(14-8-6-7-11-18(14)30-21)26-19(29)13-28-17-10-5-3-4-9-15(17)20(27-28)22(23,24)25/h6-8,11,16H,3-5,9-10,12-13H2,1-2H3,(H,26,29)/t16-/m0/s1. The van der Waals surface area contributed by atoms with Crippen molar-refractivity contribution in [2.45, 2.75) is 76.7 Å². The van der Waals surface area contributed by atoms with Gasteiger partial charge < -0.3 is 10.1 Å². The summed E-state index contributed by atoms with van der Waals surface area (Å²) in [6.07, 6.45) is -0.681. The molecule has 30 heavy (non-hydrogen) atoms. The number of benzene rings is 1. The second kappa shape index (κ2) is 7.63. The first-order valence-electron chi connectivity index (χ1n) is 10.4. The van der Waals surface area contributed by atoms with Crippen LogP contribution in [0.5, 0.6) is 5.75 Å². The van der Waals surface area contributed by atoms with Crippen LogP contribution in [0.3, 0.4) is 0 Å². The van der Waals surface area contributed by atoms with Gasteiger partial charge in [0.05, 0.1) is 6.04 Å². The molecule has 0 saturated carbocycles. The number of alkyl halides is 3. The third-order valence-electron chi connectivity index (χ3n) is 5.78. The number of nitrogens with one attached hydrogen (secondary N) is 1. The van der Waals surface area contributed by atoms with Gasteiger partial charge in [0.25, 0.3) is 0 Å². The fourth-order valence-electron chi connectivity index (χ4n) is 4.51. The monoisotopic (exact) mass is 421 g/mol. The number of carbonyl (C=O) groups is 1. The Kier molecular flexibility index (Phi) is 5.28. The quantitative estimate of drug-likeness (QED) is 0.738. The molecule has 8 heteroatoms. The van der Waals surface area contributed by atoms with Gasteiger partial charge >= 0.3 is 6.18 Å². The molecule has 1 atom stereocenters. The van der Waals surface area contributed by atoms with Crippen LogP contribution in [-0.2, 0) is 30.4 Å². The molecule has 5 nitrogen and oxygen atoms in total. The average molecular weight is 421 g/mol. The van der Waals surface area contributed by atoms with E-state index in [9.17, 15) is 18.0 Å². The van der Waals surface area contributed by atoms with Crippen LogP contribution in [0.1, 0.15) is 68.1 Å². The van der Waals surface area contributed by atoms with Crippen molar-refractivity contribution < 1.29 is 22.7 Å². The Morgan fingerprint density at radius 3 is 2.73 bits per heavy atom. The summed E-state index contributed by atoms with van der Waals surface area (Å²) in [6, 6.07) is 7.24. The molecule has 0 fully saturated rings. The minimum absolute atomic E-state index is 0.224. The van der Waals surface area contributed by atoms with Crippen LogP contribution in [0.15, 0.2) is 24.3 Å². The Morgan fingerprint density at radius 1 is 1.23 bits per heavy atom. The van der Waals surface area contributed by atoms with Crippen molar-refractivity contribution in [1.29, 1.82) is 0 Å². The molecule has 4 rings (SSSR count). The summed E-state index contributed by atoms with van der Waals surface area (Å²) in [4.78, 5) is 12.8. The van der Waals surface area contributed by atoms with Gasteiger partial charge in [-0.3, -0.25) is 9.48 Å². The zero-order valence-electron chi connectivity index (χ0n) is 17.2. The van der Waals surface area contributed by atoms with E-state index < -0.39 is 17.5 Å². The Bertz CT molecular complexity index is 950. The predicted molar refractivity (Wildman–Crippen MR) is 105 cm³/mol. The minimum Gasteiger partial charge on any atom is -0.487 e. The first-order chi connectivity index (χ1) is 14.1. The molecule has 2 aromatic rings. The molecular formula is C22H26F3N3O2. The van der Waals surface area contributed by atoms with E-state index in [0.717, 1.165) is 18.4 Å². The van der Waals surface area contributed by atoms with E-state index in [1.54, 1.807) is 0 Å². The van der Waals surface area contributed by atoms with Crippen LogP contribution in [-0.4, -0.2) is 21.3 Å². The molecule has 0 radical (unpaired) electrons. The van der Waals surface area contributed by atoms with E-state index in [0.29, 0.717) is 37.1 Å². The van der Waals surface area contributed by atoms with Gasteiger partial charge in [0, 0.05) is 23.2 Å². The highest BCUT2D eigenvalue weighted by atomic mass is 19.4. The van der Waals surface area contributed by atoms with E-state index in [1.807, 2.05) is 38.1 Å².